The van der Waals surface area contributed by atoms with Gasteiger partial charge in [-0.3, -0.25) is 0 Å². The van der Waals surface area contributed by atoms with Gasteiger partial charge in [-0.15, -0.1) is 18.3 Å². The van der Waals surface area contributed by atoms with E-state index < -0.39 is 23.6 Å². The van der Waals surface area contributed by atoms with E-state index in [1.165, 1.54) is 179 Å². The van der Waals surface area contributed by atoms with E-state index >= 15 is 0 Å². The predicted molar refractivity (Wildman–Crippen MR) is 456 cm³/mol. The molecule has 544 valence electrons. The van der Waals surface area contributed by atoms with Gasteiger partial charge in [0.05, 0.1) is 83.6 Å². The van der Waals surface area contributed by atoms with Crippen molar-refractivity contribution in [2.45, 2.75) is 50.3 Å². The topological polar surface area (TPSA) is 76.4 Å². The Morgan fingerprint density at radius 2 is 0.534 bits per heavy atom. The third-order valence-electron chi connectivity index (χ3n) is 27.0. The molecular formula is C99H71N17+8. The molecule has 9 aromatic heterocycles. The van der Waals surface area contributed by atoms with E-state index in [1.807, 2.05) is 0 Å². The Balaban J connectivity index is 0.0000000811. The first-order valence-electron chi connectivity index (χ1n) is 40.4. The minimum atomic E-state index is -0.611. The largest absolute Gasteiger partial charge is 0.552 e. The molecule has 17 heteroatoms. The van der Waals surface area contributed by atoms with E-state index in [0.29, 0.717) is 0 Å². The van der Waals surface area contributed by atoms with Crippen molar-refractivity contribution in [2.24, 2.45) is 0 Å². The molecule has 12 aliphatic heterocycles. The number of para-hydroxylation sites is 10. The minimum absolute atomic E-state index is 0.392. The molecule has 0 radical (unpaired) electrons. The standard InChI is InChI=1S/2C25H16N4.C25H24N4.C24H15N5/c1-4-17-10-12-26-23(17)19(6-1)15-28-21-8-3-9-22(14-21)29-16-20-7-2-5-18-11-13-27(24(18)20)25(26,28)29;1-2-10-22-21(9-1)28-15-19-7-3-5-17-11-13-26(23(17)19)25(28)27-14-12-18-6-4-8-20(24(18)27)16-29(22)25;1-17-13-19-7-5-9-21-15-26-11-3-4-12-27-16-22-10-6-8-20-14-18(2)29(24(20)22)25(26,27)28(17)23(19)21;1-4-16-10-12-26-22(16)18(6-1)14-28-20-8-3-9-21(25-20)29-15-19-7-2-5-17-11-13-27(23(17)19)24(26,28)29/h2*1-16H;5-10,13-16H,3-4,11-12H2,1-2H3;1-15H/q4*+2. The maximum absolute atomic E-state index is 4.95. The normalized spacial score (nSPS) is 17.4. The highest BCUT2D eigenvalue weighted by atomic mass is 15.6. The molecular weight excluding hydrogens is 1430 g/mol. The highest BCUT2D eigenvalue weighted by Crippen LogP contribution is 2.54. The zero-order valence-corrected chi connectivity index (χ0v) is 63.3. The molecule has 0 atom stereocenters. The summed E-state index contributed by atoms with van der Waals surface area (Å²) in [5, 5.41) is 10.2. The van der Waals surface area contributed by atoms with E-state index in [0.717, 1.165) is 24.7 Å². The lowest BCUT2D eigenvalue weighted by atomic mass is 10.1. The number of rotatable bonds is 0. The molecule has 4 bridgehead atoms. The quantitative estimate of drug-likeness (QED) is 0.139. The van der Waals surface area contributed by atoms with E-state index in [9.17, 15) is 0 Å². The molecule has 4 spiro atoms. The number of aromatic nitrogens is 9. The molecule has 21 heterocycles. The van der Waals surface area contributed by atoms with Crippen molar-refractivity contribution >= 4 is 171 Å². The molecule has 12 aliphatic rings. The van der Waals surface area contributed by atoms with E-state index in [2.05, 4.69) is 435 Å². The maximum Gasteiger partial charge on any atom is 0.552 e. The van der Waals surface area contributed by atoms with E-state index in [-0.39, 0.29) is 0 Å². The Morgan fingerprint density at radius 3 is 0.888 bits per heavy atom. The Kier molecular flexibility index (Phi) is 11.3. The summed E-state index contributed by atoms with van der Waals surface area (Å²) in [6, 6.07) is 94.4. The number of pyridine rings is 1. The van der Waals surface area contributed by atoms with Crippen LogP contribution in [0.25, 0.3) is 87.2 Å². The van der Waals surface area contributed by atoms with Gasteiger partial charge in [0.1, 0.15) is 12.4 Å². The maximum atomic E-state index is 4.95. The second kappa shape index (κ2) is 21.2. The summed E-state index contributed by atoms with van der Waals surface area (Å²) in [7, 11) is 0. The average molecular weight is 1500 g/mol. The molecule has 1 fully saturated rings. The van der Waals surface area contributed by atoms with Crippen molar-refractivity contribution in [1.29, 1.82) is 0 Å². The second-order valence-corrected chi connectivity index (χ2v) is 32.7. The van der Waals surface area contributed by atoms with Crippen LogP contribution in [0, 0.1) is 13.8 Å². The van der Waals surface area contributed by atoms with Gasteiger partial charge < -0.3 is 0 Å². The Morgan fingerprint density at radius 1 is 0.250 bits per heavy atom. The van der Waals surface area contributed by atoms with Crippen LogP contribution in [0.5, 0.6) is 0 Å². The van der Waals surface area contributed by atoms with Gasteiger partial charge in [-0.1, -0.05) is 127 Å². The molecule has 17 nitrogen and oxygen atoms in total. The summed E-state index contributed by atoms with van der Waals surface area (Å²) in [5.74, 6) is -0.186. The highest BCUT2D eigenvalue weighted by molar-refractivity contribution is 6.06. The molecule has 10 aromatic carbocycles. The van der Waals surface area contributed by atoms with Gasteiger partial charge in [0.2, 0.25) is 11.4 Å². The van der Waals surface area contributed by atoms with Crippen molar-refractivity contribution in [1.82, 2.24) is 41.5 Å². The van der Waals surface area contributed by atoms with Gasteiger partial charge in [-0.2, -0.15) is 0 Å². The van der Waals surface area contributed by atoms with Crippen LogP contribution in [0.3, 0.4) is 0 Å². The smallest absolute Gasteiger partial charge is 0.248 e. The summed E-state index contributed by atoms with van der Waals surface area (Å²) in [4.78, 5) is 4.95. The first kappa shape index (κ1) is 61.7. The molecule has 0 saturated carbocycles. The summed E-state index contributed by atoms with van der Waals surface area (Å²) < 4.78 is 39.2. The first-order chi connectivity index (χ1) is 57.3. The fraction of sp³-hybridized carbons (Fsp3) is 0.101. The Labute approximate surface area is 662 Å². The van der Waals surface area contributed by atoms with Gasteiger partial charge in [-0.05, 0) is 123 Å². The van der Waals surface area contributed by atoms with Crippen molar-refractivity contribution in [3.05, 3.63) is 354 Å². The van der Waals surface area contributed by atoms with E-state index in [4.69, 9.17) is 4.98 Å². The Hall–Kier alpha value is -15.0. The summed E-state index contributed by atoms with van der Waals surface area (Å²) in [6.07, 6.45) is 34.3. The molecule has 0 unspecified atom stereocenters. The summed E-state index contributed by atoms with van der Waals surface area (Å²) >= 11 is 0. The minimum Gasteiger partial charge on any atom is -0.248 e. The predicted octanol–water partition coefficient (Wildman–Crippen LogP) is 17.1. The molecule has 116 heavy (non-hydrogen) atoms. The van der Waals surface area contributed by atoms with Gasteiger partial charge in [0.15, 0.2) is 50.4 Å². The van der Waals surface area contributed by atoms with Gasteiger partial charge in [0, 0.05) is 157 Å². The third-order valence-corrected chi connectivity index (χ3v) is 27.0. The lowest BCUT2D eigenvalue weighted by Crippen LogP contribution is -2.62. The molecule has 0 N–H and O–H groups in total. The van der Waals surface area contributed by atoms with Crippen LogP contribution < -0.4 is 0 Å². The van der Waals surface area contributed by atoms with Crippen LogP contribution in [0.2, 0.25) is 0 Å². The number of benzene rings is 10. The van der Waals surface area contributed by atoms with Gasteiger partial charge in [-0.25, -0.2) is 36.5 Å². The monoisotopic (exact) mass is 1500 g/mol. The fourth-order valence-electron chi connectivity index (χ4n) is 22.7. The lowest BCUT2D eigenvalue weighted by Gasteiger charge is -2.40. The lowest BCUT2D eigenvalue weighted by molar-refractivity contribution is -0.862. The molecule has 19 aromatic rings. The second-order valence-electron chi connectivity index (χ2n) is 32.7. The Bertz CT molecular complexity index is 7400. The molecule has 1 saturated heterocycles. The van der Waals surface area contributed by atoms with Gasteiger partial charge >= 0.3 is 35.3 Å². The van der Waals surface area contributed by atoms with Crippen LogP contribution in [-0.2, 0) is 23.6 Å². The zero-order valence-electron chi connectivity index (χ0n) is 63.3. The third kappa shape index (κ3) is 7.14. The van der Waals surface area contributed by atoms with Crippen LogP contribution in [-0.4, -0.2) is 141 Å². The van der Waals surface area contributed by atoms with Crippen molar-refractivity contribution in [3.63, 3.8) is 0 Å². The fourth-order valence-corrected chi connectivity index (χ4v) is 22.7. The van der Waals surface area contributed by atoms with Crippen LogP contribution in [0.15, 0.2) is 298 Å². The van der Waals surface area contributed by atoms with Crippen LogP contribution >= 0.6 is 0 Å². The van der Waals surface area contributed by atoms with Crippen molar-refractivity contribution in [3.8, 4) is 0 Å². The van der Waals surface area contributed by atoms with Gasteiger partial charge in [0.25, 0.3) is 11.4 Å². The number of hydrogen-bond acceptors (Lipinski definition) is 1. The summed E-state index contributed by atoms with van der Waals surface area (Å²) in [5.41, 5.74) is 27.8. The van der Waals surface area contributed by atoms with Crippen molar-refractivity contribution < 1.29 is 36.6 Å². The summed E-state index contributed by atoms with van der Waals surface area (Å²) in [6.45, 7) is 6.64. The highest BCUT2D eigenvalue weighted by Gasteiger charge is 2.70. The zero-order chi connectivity index (χ0) is 75.6. The van der Waals surface area contributed by atoms with Crippen LogP contribution in [0.1, 0.15) is 68.7 Å². The van der Waals surface area contributed by atoms with E-state index in [1.54, 1.807) is 0 Å². The molecule has 0 amide bonds. The number of aryl methyl sites for hydroxylation is 2. The number of nitrogens with zero attached hydrogens (tertiary/aromatic N) is 17. The molecule has 31 rings (SSSR count). The average Bonchev–Trinajstić information content (AvgIpc) is 1.55. The molecule has 0 aliphatic carbocycles. The van der Waals surface area contributed by atoms with Crippen molar-refractivity contribution in [2.75, 3.05) is 13.1 Å². The number of hydrogen-bond donors (Lipinski definition) is 0. The van der Waals surface area contributed by atoms with Crippen LogP contribution in [0.4, 0.5) is 34.4 Å². The first-order valence-corrected chi connectivity index (χ1v) is 40.4. The number of fused-ring (bicyclic) bond motifs is 11. The SMILES string of the molecule is C1=[N+]2c3cccc(c3)[N+]3=Cc4cccc5ccn(c45)C23n2ccc3cccc1c32.C1=[N+]2c3cccc(n3)[N+]3=Cc4cccc5ccn(c45)C23n2ccc3cccc1c32.C1=[N+]2c3ccccc3[N+]3=Cc4cccc5ccn(c45)C23n2ccc3cccc1c32.Cc1cc2cccc3c2n1C12n4c(C)cc5cccc(c54)C=[N+]1CCCC[N+]2=C3.